The molecule has 0 aromatic heterocycles. The van der Waals surface area contributed by atoms with Crippen molar-refractivity contribution < 1.29 is 0 Å². The minimum absolute atomic E-state index is 0.182. The molecule has 3 heteroatoms. The van der Waals surface area contributed by atoms with Crippen molar-refractivity contribution in [2.24, 2.45) is 16.5 Å². The Bertz CT molecular complexity index is 74.4. The van der Waals surface area contributed by atoms with Gasteiger partial charge in [0.05, 0.1) is 0 Å². The fraction of sp³-hybridized carbons (Fsp3) is 0.500. The Kier molecular flexibility index (Phi) is 12.2. The van der Waals surface area contributed by atoms with Gasteiger partial charge in [0.25, 0.3) is 0 Å². The SMILES string of the molecule is C=C.CCCN=C(N)N. The zero-order valence-corrected chi connectivity index (χ0v) is 5.93. The molecule has 0 aromatic rings. The van der Waals surface area contributed by atoms with Gasteiger partial charge in [0, 0.05) is 6.54 Å². The summed E-state index contributed by atoms with van der Waals surface area (Å²) in [6.45, 7) is 8.76. The highest BCUT2D eigenvalue weighted by Gasteiger charge is 1.74. The number of nitrogens with two attached hydrogens (primary N) is 2. The molecule has 0 saturated carbocycles. The van der Waals surface area contributed by atoms with Gasteiger partial charge in [-0.2, -0.15) is 0 Å². The molecule has 0 amide bonds. The third-order valence-electron chi connectivity index (χ3n) is 0.518. The summed E-state index contributed by atoms with van der Waals surface area (Å²) >= 11 is 0. The Morgan fingerprint density at radius 2 is 1.89 bits per heavy atom. The molecular weight excluding hydrogens is 114 g/mol. The van der Waals surface area contributed by atoms with Gasteiger partial charge in [-0.3, -0.25) is 4.99 Å². The number of guanidine groups is 1. The third kappa shape index (κ3) is 19.4. The number of rotatable bonds is 2. The first-order valence-corrected chi connectivity index (χ1v) is 2.82. The molecule has 4 N–H and O–H groups in total. The van der Waals surface area contributed by atoms with Gasteiger partial charge in [0.2, 0.25) is 0 Å². The summed E-state index contributed by atoms with van der Waals surface area (Å²) in [7, 11) is 0. The molecule has 0 fully saturated rings. The van der Waals surface area contributed by atoms with Crippen molar-refractivity contribution in [2.45, 2.75) is 13.3 Å². The Morgan fingerprint density at radius 1 is 1.44 bits per heavy atom. The van der Waals surface area contributed by atoms with E-state index in [1.165, 1.54) is 0 Å². The van der Waals surface area contributed by atoms with Crippen molar-refractivity contribution >= 4 is 5.96 Å². The summed E-state index contributed by atoms with van der Waals surface area (Å²) in [6, 6.07) is 0. The van der Waals surface area contributed by atoms with Gasteiger partial charge in [-0.15, -0.1) is 13.2 Å². The van der Waals surface area contributed by atoms with Crippen LogP contribution in [0.4, 0.5) is 0 Å². The molecule has 0 atom stereocenters. The van der Waals surface area contributed by atoms with Crippen molar-refractivity contribution in [3.8, 4) is 0 Å². The normalized spacial score (nSPS) is 6.78. The Hall–Kier alpha value is -0.990. The maximum atomic E-state index is 5.01. The standard InChI is InChI=1S/C4H11N3.C2H4/c1-2-3-7-4(5)6;1-2/h2-3H2,1H3,(H4,5,6,7);1-2H2. The van der Waals surface area contributed by atoms with E-state index in [1.54, 1.807) is 0 Å². The lowest BCUT2D eigenvalue weighted by Crippen LogP contribution is -2.22. The van der Waals surface area contributed by atoms with Crippen LogP contribution in [0.2, 0.25) is 0 Å². The molecule has 0 spiro atoms. The predicted octanol–water partition coefficient (Wildman–Crippen LogP) is 0.472. The topological polar surface area (TPSA) is 64.4 Å². The third-order valence-corrected chi connectivity index (χ3v) is 0.518. The van der Waals surface area contributed by atoms with Crippen LogP contribution in [0.25, 0.3) is 0 Å². The van der Waals surface area contributed by atoms with E-state index in [-0.39, 0.29) is 5.96 Å². The highest BCUT2D eigenvalue weighted by atomic mass is 15.0. The second-order valence-electron chi connectivity index (χ2n) is 1.31. The number of hydrogen-bond donors (Lipinski definition) is 2. The minimum atomic E-state index is 0.182. The fourth-order valence-electron chi connectivity index (χ4n) is 0.241. The zero-order valence-electron chi connectivity index (χ0n) is 5.93. The highest BCUT2D eigenvalue weighted by Crippen LogP contribution is 1.73. The second-order valence-corrected chi connectivity index (χ2v) is 1.31. The van der Waals surface area contributed by atoms with Crippen LogP contribution in [0.3, 0.4) is 0 Å². The van der Waals surface area contributed by atoms with Crippen molar-refractivity contribution in [3.05, 3.63) is 13.2 Å². The van der Waals surface area contributed by atoms with E-state index < -0.39 is 0 Å². The number of hydrogen-bond acceptors (Lipinski definition) is 1. The molecule has 0 radical (unpaired) electrons. The fourth-order valence-corrected chi connectivity index (χ4v) is 0.241. The van der Waals surface area contributed by atoms with Crippen molar-refractivity contribution in [2.75, 3.05) is 6.54 Å². The van der Waals surface area contributed by atoms with Gasteiger partial charge in [0.1, 0.15) is 0 Å². The van der Waals surface area contributed by atoms with Crippen LogP contribution in [0.5, 0.6) is 0 Å². The minimum Gasteiger partial charge on any atom is -0.370 e. The summed E-state index contributed by atoms with van der Waals surface area (Å²) in [5.74, 6) is 0.182. The van der Waals surface area contributed by atoms with E-state index in [0.29, 0.717) is 0 Å². The Labute approximate surface area is 56.5 Å². The highest BCUT2D eigenvalue weighted by molar-refractivity contribution is 5.75. The average molecular weight is 129 g/mol. The molecule has 0 aliphatic carbocycles. The predicted molar refractivity (Wildman–Crippen MR) is 42.2 cm³/mol. The zero-order chi connectivity index (χ0) is 7.70. The lowest BCUT2D eigenvalue weighted by atomic mass is 10.5. The van der Waals surface area contributed by atoms with Gasteiger partial charge < -0.3 is 11.5 Å². The molecule has 0 aliphatic heterocycles. The largest absolute Gasteiger partial charge is 0.370 e. The van der Waals surface area contributed by atoms with E-state index in [0.717, 1.165) is 13.0 Å². The summed E-state index contributed by atoms with van der Waals surface area (Å²) in [6.07, 6.45) is 0.998. The van der Waals surface area contributed by atoms with Crippen LogP contribution in [-0.2, 0) is 0 Å². The second kappa shape index (κ2) is 10.1. The monoisotopic (exact) mass is 129 g/mol. The summed E-state index contributed by atoms with van der Waals surface area (Å²) in [5.41, 5.74) is 10.0. The molecule has 0 unspecified atom stereocenters. The van der Waals surface area contributed by atoms with Gasteiger partial charge in [0.15, 0.2) is 5.96 Å². The molecule has 0 bridgehead atoms. The van der Waals surface area contributed by atoms with E-state index >= 15 is 0 Å². The van der Waals surface area contributed by atoms with Crippen molar-refractivity contribution in [3.63, 3.8) is 0 Å². The Morgan fingerprint density at radius 3 is 2.00 bits per heavy atom. The van der Waals surface area contributed by atoms with Crippen LogP contribution in [0.15, 0.2) is 18.2 Å². The summed E-state index contributed by atoms with van der Waals surface area (Å²) < 4.78 is 0. The smallest absolute Gasteiger partial charge is 0.185 e. The molecule has 54 valence electrons. The molecule has 0 heterocycles. The molecule has 0 aliphatic rings. The quantitative estimate of drug-likeness (QED) is 0.323. The van der Waals surface area contributed by atoms with Gasteiger partial charge >= 0.3 is 0 Å². The van der Waals surface area contributed by atoms with Crippen LogP contribution in [0.1, 0.15) is 13.3 Å². The molecular formula is C6H15N3. The van der Waals surface area contributed by atoms with E-state index in [9.17, 15) is 0 Å². The van der Waals surface area contributed by atoms with E-state index in [1.807, 2.05) is 6.92 Å². The van der Waals surface area contributed by atoms with Crippen LogP contribution in [0, 0.1) is 0 Å². The van der Waals surface area contributed by atoms with Crippen LogP contribution < -0.4 is 11.5 Å². The maximum Gasteiger partial charge on any atom is 0.185 e. The van der Waals surface area contributed by atoms with E-state index in [4.69, 9.17) is 11.5 Å². The molecule has 3 nitrogen and oxygen atoms in total. The Balaban J connectivity index is 0. The first kappa shape index (κ1) is 10.9. The number of aliphatic imine (C=N–C) groups is 1. The first-order valence-electron chi connectivity index (χ1n) is 2.82. The molecule has 0 saturated heterocycles. The van der Waals surface area contributed by atoms with Gasteiger partial charge in [-0.25, -0.2) is 0 Å². The van der Waals surface area contributed by atoms with E-state index in [2.05, 4.69) is 18.2 Å². The van der Waals surface area contributed by atoms with Crippen molar-refractivity contribution in [1.29, 1.82) is 0 Å². The average Bonchev–Trinajstić information content (AvgIpc) is 1.88. The molecule has 0 rings (SSSR count). The number of nitrogens with zero attached hydrogens (tertiary/aromatic N) is 1. The summed E-state index contributed by atoms with van der Waals surface area (Å²) in [5, 5.41) is 0. The van der Waals surface area contributed by atoms with Crippen molar-refractivity contribution in [1.82, 2.24) is 0 Å². The van der Waals surface area contributed by atoms with Crippen LogP contribution >= 0.6 is 0 Å². The molecule has 9 heavy (non-hydrogen) atoms. The lowest BCUT2D eigenvalue weighted by molar-refractivity contribution is 0.927. The first-order chi connectivity index (χ1) is 4.27. The summed E-state index contributed by atoms with van der Waals surface area (Å²) in [4.78, 5) is 3.72. The van der Waals surface area contributed by atoms with Crippen LogP contribution in [-0.4, -0.2) is 12.5 Å². The lowest BCUT2D eigenvalue weighted by Gasteiger charge is -1.86. The van der Waals surface area contributed by atoms with Gasteiger partial charge in [-0.05, 0) is 6.42 Å². The van der Waals surface area contributed by atoms with Gasteiger partial charge in [-0.1, -0.05) is 6.92 Å². The molecule has 0 aromatic carbocycles. The maximum absolute atomic E-state index is 5.01.